The summed E-state index contributed by atoms with van der Waals surface area (Å²) >= 11 is 2.39. The Bertz CT molecular complexity index is 445. The number of rotatable bonds is 11. The highest BCUT2D eigenvalue weighted by Gasteiger charge is 2.30. The summed E-state index contributed by atoms with van der Waals surface area (Å²) < 4.78 is 8.90. The Balaban J connectivity index is 2.86. The van der Waals surface area contributed by atoms with Gasteiger partial charge in [0.1, 0.15) is 9.39 Å². The van der Waals surface area contributed by atoms with Crippen molar-refractivity contribution in [2.75, 3.05) is 7.11 Å². The fourth-order valence-corrected chi connectivity index (χ4v) is 4.38. The van der Waals surface area contributed by atoms with E-state index in [-0.39, 0.29) is 5.54 Å². The zero-order chi connectivity index (χ0) is 16.6. The van der Waals surface area contributed by atoms with Crippen LogP contribution in [0.2, 0.25) is 0 Å². The average molecular weight is 420 g/mol. The van der Waals surface area contributed by atoms with Gasteiger partial charge in [0.2, 0.25) is 0 Å². The molecule has 0 bridgehead atoms. The molecule has 0 N–H and O–H groups in total. The van der Waals surface area contributed by atoms with E-state index in [1.807, 2.05) is 6.92 Å². The Hall–Kier alpha value is -0.260. The number of halogens is 1. The van der Waals surface area contributed by atoms with Crippen molar-refractivity contribution >= 4 is 22.6 Å². The normalized spacial score (nSPS) is 14.1. The molecule has 0 saturated heterocycles. The SMILES string of the molecule is CCCCCCCC(C)(CCCC)n1nc(C)c(OC)c1I. The molecule has 1 atom stereocenters. The molecular formula is C18H33IN2O. The van der Waals surface area contributed by atoms with E-state index < -0.39 is 0 Å². The van der Waals surface area contributed by atoms with E-state index in [0.29, 0.717) is 0 Å². The van der Waals surface area contributed by atoms with Crippen LogP contribution in [0.1, 0.15) is 84.3 Å². The van der Waals surface area contributed by atoms with E-state index in [1.54, 1.807) is 7.11 Å². The summed E-state index contributed by atoms with van der Waals surface area (Å²) in [7, 11) is 1.74. The molecule has 0 fully saturated rings. The maximum atomic E-state index is 5.52. The molecule has 0 aliphatic heterocycles. The molecule has 128 valence electrons. The van der Waals surface area contributed by atoms with Crippen LogP contribution < -0.4 is 4.74 Å². The standard InChI is InChI=1S/C18H33IN2O/c1-6-8-10-11-12-14-18(4,13-9-7-2)21-17(19)16(22-5)15(3)20-21/h6-14H2,1-5H3. The molecule has 1 aromatic heterocycles. The summed E-state index contributed by atoms with van der Waals surface area (Å²) in [6.07, 6.45) is 11.5. The van der Waals surface area contributed by atoms with Gasteiger partial charge in [-0.3, -0.25) is 0 Å². The van der Waals surface area contributed by atoms with Gasteiger partial charge in [-0.1, -0.05) is 58.8 Å². The van der Waals surface area contributed by atoms with E-state index >= 15 is 0 Å². The fourth-order valence-electron chi connectivity index (χ4n) is 3.08. The third-order valence-electron chi connectivity index (χ3n) is 4.56. The highest BCUT2D eigenvalue weighted by Crippen LogP contribution is 2.35. The Morgan fingerprint density at radius 2 is 1.64 bits per heavy atom. The van der Waals surface area contributed by atoms with E-state index in [9.17, 15) is 0 Å². The Morgan fingerprint density at radius 3 is 2.18 bits per heavy atom. The van der Waals surface area contributed by atoms with Gasteiger partial charge in [0.05, 0.1) is 12.6 Å². The average Bonchev–Trinajstić information content (AvgIpc) is 2.80. The summed E-state index contributed by atoms with van der Waals surface area (Å²) in [5.74, 6) is 0.939. The number of aryl methyl sites for hydroxylation is 1. The van der Waals surface area contributed by atoms with E-state index in [4.69, 9.17) is 9.84 Å². The van der Waals surface area contributed by atoms with Crippen molar-refractivity contribution in [3.8, 4) is 5.75 Å². The molecule has 1 heterocycles. The Kier molecular flexibility index (Phi) is 8.80. The predicted octanol–water partition coefficient (Wildman–Crippen LogP) is 6.07. The fraction of sp³-hybridized carbons (Fsp3) is 0.833. The first-order valence-corrected chi connectivity index (χ1v) is 9.87. The second-order valence-electron chi connectivity index (χ2n) is 6.59. The summed E-state index contributed by atoms with van der Waals surface area (Å²) in [6, 6.07) is 0. The first-order chi connectivity index (χ1) is 10.5. The number of methoxy groups -OCH3 is 1. The van der Waals surface area contributed by atoms with Crippen LogP contribution in [0.15, 0.2) is 0 Å². The topological polar surface area (TPSA) is 27.1 Å². The van der Waals surface area contributed by atoms with Gasteiger partial charge in [-0.15, -0.1) is 0 Å². The number of unbranched alkanes of at least 4 members (excludes halogenated alkanes) is 5. The number of ether oxygens (including phenoxy) is 1. The quantitative estimate of drug-likeness (QED) is 0.321. The molecule has 22 heavy (non-hydrogen) atoms. The molecule has 0 saturated carbocycles. The highest BCUT2D eigenvalue weighted by molar-refractivity contribution is 14.1. The van der Waals surface area contributed by atoms with E-state index in [1.165, 1.54) is 57.8 Å². The summed E-state index contributed by atoms with van der Waals surface area (Å²) in [6.45, 7) is 8.95. The maximum Gasteiger partial charge on any atom is 0.173 e. The summed E-state index contributed by atoms with van der Waals surface area (Å²) in [5, 5.41) is 4.81. The molecule has 0 aliphatic rings. The lowest BCUT2D eigenvalue weighted by atomic mass is 9.88. The van der Waals surface area contributed by atoms with Gasteiger partial charge >= 0.3 is 0 Å². The maximum absolute atomic E-state index is 5.52. The van der Waals surface area contributed by atoms with Gasteiger partial charge < -0.3 is 4.74 Å². The molecule has 3 nitrogen and oxygen atoms in total. The van der Waals surface area contributed by atoms with Crippen molar-refractivity contribution in [1.82, 2.24) is 9.78 Å². The van der Waals surface area contributed by atoms with Crippen LogP contribution in [-0.2, 0) is 5.54 Å². The lowest BCUT2D eigenvalue weighted by Gasteiger charge is -2.31. The zero-order valence-electron chi connectivity index (χ0n) is 15.0. The molecule has 0 radical (unpaired) electrons. The Labute approximate surface area is 150 Å². The highest BCUT2D eigenvalue weighted by atomic mass is 127. The van der Waals surface area contributed by atoms with E-state index in [0.717, 1.165) is 15.1 Å². The van der Waals surface area contributed by atoms with E-state index in [2.05, 4.69) is 48.0 Å². The van der Waals surface area contributed by atoms with Crippen LogP contribution in [0, 0.1) is 10.6 Å². The van der Waals surface area contributed by atoms with Gasteiger partial charge in [-0.2, -0.15) is 5.10 Å². The lowest BCUT2D eigenvalue weighted by molar-refractivity contribution is 0.222. The van der Waals surface area contributed by atoms with Crippen LogP contribution in [-0.4, -0.2) is 16.9 Å². The minimum absolute atomic E-state index is 0.111. The second-order valence-corrected chi connectivity index (χ2v) is 7.61. The smallest absolute Gasteiger partial charge is 0.173 e. The molecule has 1 aromatic rings. The molecule has 0 aromatic carbocycles. The summed E-state index contributed by atoms with van der Waals surface area (Å²) in [4.78, 5) is 0. The lowest BCUT2D eigenvalue weighted by Crippen LogP contribution is -2.32. The van der Waals surface area contributed by atoms with Crippen LogP contribution in [0.4, 0.5) is 0 Å². The molecule has 1 unspecified atom stereocenters. The third-order valence-corrected chi connectivity index (χ3v) is 5.50. The predicted molar refractivity (Wildman–Crippen MR) is 103 cm³/mol. The van der Waals surface area contributed by atoms with Crippen molar-refractivity contribution in [2.45, 2.75) is 91.0 Å². The number of nitrogens with zero attached hydrogens (tertiary/aromatic N) is 2. The van der Waals surface area contributed by atoms with Gasteiger partial charge in [-0.05, 0) is 49.3 Å². The van der Waals surface area contributed by atoms with Crippen molar-refractivity contribution in [3.05, 3.63) is 9.39 Å². The third kappa shape index (κ3) is 5.14. The van der Waals surface area contributed by atoms with Gasteiger partial charge in [0, 0.05) is 0 Å². The van der Waals surface area contributed by atoms with Crippen molar-refractivity contribution in [2.24, 2.45) is 0 Å². The molecular weight excluding hydrogens is 387 g/mol. The van der Waals surface area contributed by atoms with Crippen LogP contribution in [0.3, 0.4) is 0 Å². The van der Waals surface area contributed by atoms with Gasteiger partial charge in [0.25, 0.3) is 0 Å². The van der Waals surface area contributed by atoms with Crippen molar-refractivity contribution < 1.29 is 4.74 Å². The zero-order valence-corrected chi connectivity index (χ0v) is 17.2. The minimum Gasteiger partial charge on any atom is -0.492 e. The van der Waals surface area contributed by atoms with Crippen molar-refractivity contribution in [3.63, 3.8) is 0 Å². The first-order valence-electron chi connectivity index (χ1n) is 8.79. The van der Waals surface area contributed by atoms with Gasteiger partial charge in [-0.25, -0.2) is 4.68 Å². The van der Waals surface area contributed by atoms with Crippen LogP contribution >= 0.6 is 22.6 Å². The second kappa shape index (κ2) is 9.78. The first kappa shape index (κ1) is 19.8. The largest absolute Gasteiger partial charge is 0.492 e. The molecule has 0 amide bonds. The monoisotopic (exact) mass is 420 g/mol. The minimum atomic E-state index is 0.111. The number of aromatic nitrogens is 2. The molecule has 0 spiro atoms. The number of hydrogen-bond acceptors (Lipinski definition) is 2. The molecule has 4 heteroatoms. The number of hydrogen-bond donors (Lipinski definition) is 0. The molecule has 1 rings (SSSR count). The molecule has 0 aliphatic carbocycles. The Morgan fingerprint density at radius 1 is 1.05 bits per heavy atom. The summed E-state index contributed by atoms with van der Waals surface area (Å²) in [5.41, 5.74) is 1.11. The van der Waals surface area contributed by atoms with Crippen molar-refractivity contribution in [1.29, 1.82) is 0 Å². The van der Waals surface area contributed by atoms with Crippen LogP contribution in [0.25, 0.3) is 0 Å². The van der Waals surface area contributed by atoms with Crippen LogP contribution in [0.5, 0.6) is 5.75 Å². The van der Waals surface area contributed by atoms with Gasteiger partial charge in [0.15, 0.2) is 5.75 Å².